The fourth-order valence-electron chi connectivity index (χ4n) is 4.70. The van der Waals surface area contributed by atoms with Gasteiger partial charge in [0.15, 0.2) is 0 Å². The number of alkyl halides is 6. The molecule has 214 valence electrons. The van der Waals surface area contributed by atoms with Crippen LogP contribution in [0.5, 0.6) is 0 Å². The zero-order valence-electron chi connectivity index (χ0n) is 20.5. The van der Waals surface area contributed by atoms with Gasteiger partial charge < -0.3 is 15.3 Å². The fourth-order valence-corrected chi connectivity index (χ4v) is 5.22. The minimum absolute atomic E-state index is 0.0850. The summed E-state index contributed by atoms with van der Waals surface area (Å²) in [7, 11) is 0. The van der Waals surface area contributed by atoms with E-state index in [4.69, 9.17) is 33.1 Å². The maximum absolute atomic E-state index is 13.8. The van der Waals surface area contributed by atoms with Crippen LogP contribution in [0.1, 0.15) is 42.1 Å². The van der Waals surface area contributed by atoms with Crippen molar-refractivity contribution < 1.29 is 41.0 Å². The Morgan fingerprint density at radius 1 is 0.974 bits per heavy atom. The first-order chi connectivity index (χ1) is 18.1. The SMILES string of the molecule is CC1CCCN1C1CCN(c2ccc(NC(=O)c3cc(Cl)cc(Cl)c3)c(C(F)(F)F)c2)C1.O=C(O)C(F)(F)F. The quantitative estimate of drug-likeness (QED) is 0.372. The third kappa shape index (κ3) is 8.15. The number of anilines is 2. The Kier molecular flexibility index (Phi) is 9.66. The van der Waals surface area contributed by atoms with Crippen LogP contribution in [0.25, 0.3) is 0 Å². The molecule has 39 heavy (non-hydrogen) atoms. The van der Waals surface area contributed by atoms with Gasteiger partial charge in [-0.05, 0) is 69.1 Å². The number of likely N-dealkylation sites (tertiary alicyclic amines) is 1. The Hall–Kier alpha value is -2.70. The third-order valence-corrected chi connectivity index (χ3v) is 6.96. The Bertz CT molecular complexity index is 1190. The van der Waals surface area contributed by atoms with Gasteiger partial charge in [-0.15, -0.1) is 0 Å². The Morgan fingerprint density at radius 2 is 1.59 bits per heavy atom. The first-order valence-electron chi connectivity index (χ1n) is 11.9. The van der Waals surface area contributed by atoms with Crippen molar-refractivity contribution >= 4 is 46.5 Å². The van der Waals surface area contributed by atoms with Gasteiger partial charge in [-0.2, -0.15) is 26.3 Å². The van der Waals surface area contributed by atoms with Crippen LogP contribution >= 0.6 is 23.2 Å². The van der Waals surface area contributed by atoms with Crippen molar-refractivity contribution in [1.82, 2.24) is 4.90 Å². The third-order valence-electron chi connectivity index (χ3n) is 6.53. The number of rotatable bonds is 4. The van der Waals surface area contributed by atoms with Gasteiger partial charge in [0.05, 0.1) is 11.3 Å². The summed E-state index contributed by atoms with van der Waals surface area (Å²) in [6.45, 7) is 4.67. The first kappa shape index (κ1) is 30.8. The van der Waals surface area contributed by atoms with E-state index in [0.29, 0.717) is 30.9 Å². The van der Waals surface area contributed by atoms with Crippen molar-refractivity contribution in [3.63, 3.8) is 0 Å². The number of carbonyl (C=O) groups excluding carboxylic acids is 1. The van der Waals surface area contributed by atoms with Crippen molar-refractivity contribution in [3.8, 4) is 0 Å². The van der Waals surface area contributed by atoms with Crippen LogP contribution in [0, 0.1) is 0 Å². The smallest absolute Gasteiger partial charge is 0.475 e. The minimum Gasteiger partial charge on any atom is -0.475 e. The molecule has 4 rings (SSSR count). The lowest BCUT2D eigenvalue weighted by molar-refractivity contribution is -0.192. The Balaban J connectivity index is 0.000000532. The van der Waals surface area contributed by atoms with E-state index in [0.717, 1.165) is 19.0 Å². The van der Waals surface area contributed by atoms with E-state index in [1.165, 1.54) is 37.1 Å². The summed E-state index contributed by atoms with van der Waals surface area (Å²) in [4.78, 5) is 25.9. The molecule has 1 amide bonds. The lowest BCUT2D eigenvalue weighted by atomic mass is 10.1. The zero-order valence-corrected chi connectivity index (χ0v) is 22.1. The Labute approximate surface area is 230 Å². The van der Waals surface area contributed by atoms with Crippen LogP contribution in [-0.2, 0) is 11.0 Å². The average Bonchev–Trinajstić information content (AvgIpc) is 3.46. The monoisotopic (exact) mass is 599 g/mol. The van der Waals surface area contributed by atoms with E-state index < -0.39 is 29.8 Å². The van der Waals surface area contributed by atoms with Crippen molar-refractivity contribution in [1.29, 1.82) is 0 Å². The first-order valence-corrected chi connectivity index (χ1v) is 12.6. The average molecular weight is 600 g/mol. The topological polar surface area (TPSA) is 72.9 Å². The summed E-state index contributed by atoms with van der Waals surface area (Å²) in [6.07, 6.45) is -6.43. The van der Waals surface area contributed by atoms with Crippen LogP contribution in [0.2, 0.25) is 10.0 Å². The lowest BCUT2D eigenvalue weighted by Crippen LogP contribution is -2.39. The normalized spacial score (nSPS) is 20.0. The van der Waals surface area contributed by atoms with E-state index in [9.17, 15) is 31.1 Å². The van der Waals surface area contributed by atoms with E-state index in [2.05, 4.69) is 17.1 Å². The summed E-state index contributed by atoms with van der Waals surface area (Å²) >= 11 is 11.8. The summed E-state index contributed by atoms with van der Waals surface area (Å²) in [5.74, 6) is -3.47. The second kappa shape index (κ2) is 12.2. The number of nitrogens with one attached hydrogen (secondary N) is 1. The van der Waals surface area contributed by atoms with Gasteiger partial charge in [0.25, 0.3) is 5.91 Å². The van der Waals surface area contributed by atoms with Gasteiger partial charge in [0.2, 0.25) is 0 Å². The van der Waals surface area contributed by atoms with Gasteiger partial charge in [-0.3, -0.25) is 9.69 Å². The number of aliphatic carboxylic acids is 1. The highest BCUT2D eigenvalue weighted by molar-refractivity contribution is 6.35. The molecule has 14 heteroatoms. The zero-order chi connectivity index (χ0) is 29.1. The number of carboxylic acids is 1. The molecule has 0 saturated carbocycles. The lowest BCUT2D eigenvalue weighted by Gasteiger charge is -2.29. The molecular weight excluding hydrogens is 575 g/mol. The van der Waals surface area contributed by atoms with Crippen LogP contribution < -0.4 is 10.2 Å². The second-order valence-electron chi connectivity index (χ2n) is 9.26. The molecule has 0 spiro atoms. The number of benzene rings is 2. The molecule has 0 radical (unpaired) electrons. The molecule has 2 unspecified atom stereocenters. The predicted molar refractivity (Wildman–Crippen MR) is 136 cm³/mol. The van der Waals surface area contributed by atoms with E-state index in [1.54, 1.807) is 6.07 Å². The molecular formula is C25H25Cl2F6N3O3. The van der Waals surface area contributed by atoms with Crippen molar-refractivity contribution in [3.05, 3.63) is 57.6 Å². The van der Waals surface area contributed by atoms with Crippen molar-refractivity contribution in [2.75, 3.05) is 29.9 Å². The minimum atomic E-state index is -5.08. The summed E-state index contributed by atoms with van der Waals surface area (Å²) < 4.78 is 73.3. The molecule has 0 aromatic heterocycles. The summed E-state index contributed by atoms with van der Waals surface area (Å²) in [6, 6.07) is 9.09. The largest absolute Gasteiger partial charge is 0.490 e. The number of hydrogen-bond donors (Lipinski definition) is 2. The number of carboxylic acid groups (broad SMARTS) is 1. The van der Waals surface area contributed by atoms with Crippen molar-refractivity contribution in [2.24, 2.45) is 0 Å². The van der Waals surface area contributed by atoms with Gasteiger partial charge in [-0.25, -0.2) is 4.79 Å². The molecule has 6 nitrogen and oxygen atoms in total. The molecule has 0 aliphatic carbocycles. The molecule has 2 aromatic rings. The van der Waals surface area contributed by atoms with Gasteiger partial charge in [-0.1, -0.05) is 23.2 Å². The Morgan fingerprint density at radius 3 is 2.10 bits per heavy atom. The molecule has 0 bridgehead atoms. The molecule has 2 saturated heterocycles. The van der Waals surface area contributed by atoms with E-state index in [1.807, 2.05) is 4.90 Å². The van der Waals surface area contributed by atoms with Crippen LogP contribution in [0.3, 0.4) is 0 Å². The number of nitrogens with zero attached hydrogens (tertiary/aromatic N) is 2. The maximum atomic E-state index is 13.8. The van der Waals surface area contributed by atoms with Gasteiger partial charge in [0.1, 0.15) is 0 Å². The molecule has 2 N–H and O–H groups in total. The molecule has 2 aliphatic rings. The van der Waals surface area contributed by atoms with Gasteiger partial charge >= 0.3 is 18.3 Å². The van der Waals surface area contributed by atoms with Crippen LogP contribution in [0.4, 0.5) is 37.7 Å². The highest BCUT2D eigenvalue weighted by Gasteiger charge is 2.38. The van der Waals surface area contributed by atoms with Crippen LogP contribution in [0.15, 0.2) is 36.4 Å². The number of hydrogen-bond acceptors (Lipinski definition) is 4. The fraction of sp³-hybridized carbons (Fsp3) is 0.440. The standard InChI is InChI=1S/C23H24Cl2F3N3O.C2HF3O2/c1-14-3-2-7-31(14)19-6-8-30(13-19)18-4-5-21(20(12-18)23(26,27)28)29-22(32)15-9-16(24)11-17(25)10-15;3-2(4,5)1(6)7/h4-5,9-12,14,19H,2-3,6-8,13H2,1H3,(H,29,32);(H,6,7). The highest BCUT2D eigenvalue weighted by atomic mass is 35.5. The van der Waals surface area contributed by atoms with E-state index in [-0.39, 0.29) is 21.3 Å². The summed E-state index contributed by atoms with van der Waals surface area (Å²) in [5, 5.41) is 9.94. The van der Waals surface area contributed by atoms with E-state index >= 15 is 0 Å². The second-order valence-corrected chi connectivity index (χ2v) is 10.1. The predicted octanol–water partition coefficient (Wildman–Crippen LogP) is 6.96. The van der Waals surface area contributed by atoms with Crippen LogP contribution in [-0.4, -0.2) is 59.8 Å². The number of amides is 1. The molecule has 2 heterocycles. The molecule has 2 aliphatic heterocycles. The number of carbonyl (C=O) groups is 2. The van der Waals surface area contributed by atoms with Gasteiger partial charge in [0, 0.05) is 46.5 Å². The molecule has 2 atom stereocenters. The van der Waals surface area contributed by atoms with Crippen molar-refractivity contribution in [2.45, 2.75) is 50.6 Å². The highest BCUT2D eigenvalue weighted by Crippen LogP contribution is 2.39. The molecule has 2 fully saturated rings. The number of halogens is 8. The maximum Gasteiger partial charge on any atom is 0.490 e. The summed E-state index contributed by atoms with van der Waals surface area (Å²) in [5.41, 5.74) is -0.585. The molecule has 2 aromatic carbocycles.